The van der Waals surface area contributed by atoms with Crippen LogP contribution in [0.1, 0.15) is 11.1 Å². The SMILES string of the molecule is Fc1cc(C2=C(c3ccccc3)N=[N+]N2)ccn1. The minimum Gasteiger partial charge on any atom is -0.228 e. The fourth-order valence-electron chi connectivity index (χ4n) is 1.79. The van der Waals surface area contributed by atoms with E-state index < -0.39 is 5.95 Å². The number of hydrogen-bond donors (Lipinski definition) is 1. The summed E-state index contributed by atoms with van der Waals surface area (Å²) in [4.78, 5) is 3.53. The molecule has 1 aliphatic rings. The standard InChI is InChI=1S/C13H9FN4/c14-11-8-10(6-7-15-11)13-12(16-18-17-13)9-4-2-1-3-5-9/h1-8H,(H,16,17)/q+1. The molecule has 0 saturated carbocycles. The van der Waals surface area contributed by atoms with Crippen LogP contribution in [0.15, 0.2) is 53.8 Å². The van der Waals surface area contributed by atoms with Crippen molar-refractivity contribution in [2.45, 2.75) is 0 Å². The van der Waals surface area contributed by atoms with Gasteiger partial charge in [-0.05, 0) is 6.07 Å². The summed E-state index contributed by atoms with van der Waals surface area (Å²) in [6, 6.07) is 12.7. The maximum Gasteiger partial charge on any atom is 0.331 e. The Bertz CT molecular complexity index is 634. The van der Waals surface area contributed by atoms with Crippen LogP contribution in [-0.2, 0) is 0 Å². The number of hydrogen-bond acceptors (Lipinski definition) is 4. The second kappa shape index (κ2) is 4.37. The molecule has 0 aliphatic carbocycles. The van der Waals surface area contributed by atoms with Crippen molar-refractivity contribution >= 4 is 11.4 Å². The van der Waals surface area contributed by atoms with Crippen LogP contribution in [0, 0.1) is 5.95 Å². The predicted molar refractivity (Wildman–Crippen MR) is 65.1 cm³/mol. The summed E-state index contributed by atoms with van der Waals surface area (Å²) in [5.41, 5.74) is 5.77. The number of benzene rings is 1. The van der Waals surface area contributed by atoms with Gasteiger partial charge < -0.3 is 0 Å². The second-order valence-electron chi connectivity index (χ2n) is 3.77. The van der Waals surface area contributed by atoms with Gasteiger partial charge in [0.1, 0.15) is 10.8 Å². The molecule has 0 atom stereocenters. The molecule has 2 heterocycles. The number of rotatable bonds is 2. The Morgan fingerprint density at radius 2 is 1.89 bits per heavy atom. The van der Waals surface area contributed by atoms with Crippen molar-refractivity contribution in [1.82, 2.24) is 15.6 Å². The van der Waals surface area contributed by atoms with E-state index in [4.69, 9.17) is 0 Å². The maximum absolute atomic E-state index is 13.1. The normalized spacial score (nSPS) is 13.8. The van der Waals surface area contributed by atoms with Gasteiger partial charge in [0.25, 0.3) is 0 Å². The Labute approximate surface area is 103 Å². The molecule has 5 heteroatoms. The van der Waals surface area contributed by atoms with Gasteiger partial charge >= 0.3 is 5.22 Å². The van der Waals surface area contributed by atoms with Crippen molar-refractivity contribution in [2.24, 2.45) is 5.11 Å². The number of halogens is 1. The predicted octanol–water partition coefficient (Wildman–Crippen LogP) is 2.35. The Hall–Kier alpha value is -2.56. The number of nitrogens with zero attached hydrogens (tertiary/aromatic N) is 3. The van der Waals surface area contributed by atoms with Crippen molar-refractivity contribution < 1.29 is 4.39 Å². The summed E-state index contributed by atoms with van der Waals surface area (Å²) in [5.74, 6) is -0.527. The third-order valence-corrected chi connectivity index (χ3v) is 2.61. The van der Waals surface area contributed by atoms with E-state index in [0.717, 1.165) is 5.56 Å². The lowest BCUT2D eigenvalue weighted by molar-refractivity contribution is 0.583. The first-order chi connectivity index (χ1) is 8.84. The summed E-state index contributed by atoms with van der Waals surface area (Å²) in [7, 11) is 0. The highest BCUT2D eigenvalue weighted by Crippen LogP contribution is 2.27. The highest BCUT2D eigenvalue weighted by molar-refractivity contribution is 5.89. The van der Waals surface area contributed by atoms with Crippen LogP contribution in [-0.4, -0.2) is 4.98 Å². The lowest BCUT2D eigenvalue weighted by Gasteiger charge is -2.00. The van der Waals surface area contributed by atoms with Gasteiger partial charge in [0.2, 0.25) is 5.95 Å². The molecule has 1 N–H and O–H groups in total. The summed E-state index contributed by atoms with van der Waals surface area (Å²) in [5, 5.41) is 7.83. The molecule has 4 nitrogen and oxygen atoms in total. The van der Waals surface area contributed by atoms with Crippen molar-refractivity contribution in [3.8, 4) is 0 Å². The van der Waals surface area contributed by atoms with Gasteiger partial charge in [0.05, 0.1) is 0 Å². The van der Waals surface area contributed by atoms with Gasteiger partial charge in [0, 0.05) is 23.4 Å². The van der Waals surface area contributed by atoms with E-state index in [2.05, 4.69) is 20.7 Å². The van der Waals surface area contributed by atoms with Crippen molar-refractivity contribution in [3.05, 3.63) is 65.7 Å². The van der Waals surface area contributed by atoms with E-state index in [-0.39, 0.29) is 0 Å². The van der Waals surface area contributed by atoms with Crippen LogP contribution in [0.5, 0.6) is 0 Å². The molecule has 2 aromatic rings. The highest BCUT2D eigenvalue weighted by atomic mass is 19.1. The van der Waals surface area contributed by atoms with E-state index in [1.807, 2.05) is 30.3 Å². The molecule has 1 radical (unpaired) electrons. The van der Waals surface area contributed by atoms with Crippen LogP contribution in [0.3, 0.4) is 0 Å². The second-order valence-corrected chi connectivity index (χ2v) is 3.77. The smallest absolute Gasteiger partial charge is 0.228 e. The fourth-order valence-corrected chi connectivity index (χ4v) is 1.79. The number of nitrogens with one attached hydrogen (secondary N) is 1. The van der Waals surface area contributed by atoms with Crippen molar-refractivity contribution in [1.29, 1.82) is 0 Å². The lowest BCUT2D eigenvalue weighted by Crippen LogP contribution is -2.09. The van der Waals surface area contributed by atoms with Gasteiger partial charge in [-0.1, -0.05) is 35.8 Å². The Kier molecular flexibility index (Phi) is 2.57. The zero-order valence-electron chi connectivity index (χ0n) is 9.34. The quantitative estimate of drug-likeness (QED) is 0.819. The van der Waals surface area contributed by atoms with Gasteiger partial charge in [-0.25, -0.2) is 4.98 Å². The third-order valence-electron chi connectivity index (χ3n) is 2.61. The molecule has 87 valence electrons. The Morgan fingerprint density at radius 1 is 1.06 bits per heavy atom. The first kappa shape index (κ1) is 10.6. The van der Waals surface area contributed by atoms with E-state index in [0.29, 0.717) is 17.0 Å². The molecule has 0 amide bonds. The molecule has 0 unspecified atom stereocenters. The average molecular weight is 240 g/mol. The topological polar surface area (TPSA) is 51.4 Å². The highest BCUT2D eigenvalue weighted by Gasteiger charge is 2.24. The van der Waals surface area contributed by atoms with E-state index in [1.165, 1.54) is 12.3 Å². The van der Waals surface area contributed by atoms with E-state index in [9.17, 15) is 4.39 Å². The van der Waals surface area contributed by atoms with Gasteiger partial charge in [0.15, 0.2) is 5.70 Å². The monoisotopic (exact) mass is 240 g/mol. The average Bonchev–Trinajstić information content (AvgIpc) is 2.89. The lowest BCUT2D eigenvalue weighted by atomic mass is 10.1. The molecule has 3 rings (SSSR count). The first-order valence-electron chi connectivity index (χ1n) is 5.43. The van der Waals surface area contributed by atoms with Crippen LogP contribution in [0.25, 0.3) is 11.4 Å². The number of pyridine rings is 1. The zero-order chi connectivity index (χ0) is 12.4. The van der Waals surface area contributed by atoms with Crippen LogP contribution in [0.4, 0.5) is 4.39 Å². The molecular weight excluding hydrogens is 231 g/mol. The van der Waals surface area contributed by atoms with Crippen LogP contribution >= 0.6 is 0 Å². The summed E-state index contributed by atoms with van der Waals surface area (Å²) >= 11 is 0. The summed E-state index contributed by atoms with van der Waals surface area (Å²) in [6.07, 6.45) is 1.42. The van der Waals surface area contributed by atoms with Crippen molar-refractivity contribution in [2.75, 3.05) is 0 Å². The molecule has 0 fully saturated rings. The van der Waals surface area contributed by atoms with Gasteiger partial charge in [-0.2, -0.15) is 4.39 Å². The minimum atomic E-state index is -0.527. The van der Waals surface area contributed by atoms with Gasteiger partial charge in [-0.15, -0.1) is 0 Å². The molecule has 0 saturated heterocycles. The fraction of sp³-hybridized carbons (Fsp3) is 0. The van der Waals surface area contributed by atoms with Crippen molar-refractivity contribution in [3.63, 3.8) is 0 Å². The zero-order valence-corrected chi connectivity index (χ0v) is 9.34. The van der Waals surface area contributed by atoms with Crippen LogP contribution in [0.2, 0.25) is 0 Å². The molecule has 18 heavy (non-hydrogen) atoms. The molecular formula is C13H9FN4+. The first-order valence-corrected chi connectivity index (χ1v) is 5.43. The summed E-state index contributed by atoms with van der Waals surface area (Å²) in [6.45, 7) is 0. The Balaban J connectivity index is 2.11. The third kappa shape index (κ3) is 1.86. The number of aromatic nitrogens is 1. The molecule has 0 spiro atoms. The van der Waals surface area contributed by atoms with Crippen LogP contribution < -0.4 is 10.6 Å². The summed E-state index contributed by atoms with van der Waals surface area (Å²) < 4.78 is 13.1. The maximum atomic E-state index is 13.1. The van der Waals surface area contributed by atoms with E-state index >= 15 is 0 Å². The molecule has 1 aromatic carbocycles. The minimum absolute atomic E-state index is 0.527. The van der Waals surface area contributed by atoms with Gasteiger partial charge in [-0.3, -0.25) is 0 Å². The molecule has 0 bridgehead atoms. The Morgan fingerprint density at radius 3 is 2.67 bits per heavy atom. The molecule has 1 aromatic heterocycles. The molecule has 1 aliphatic heterocycles. The largest absolute Gasteiger partial charge is 0.331 e. The van der Waals surface area contributed by atoms with E-state index in [1.54, 1.807) is 6.07 Å².